The Morgan fingerprint density at radius 3 is 2.68 bits per heavy atom. The fourth-order valence-electron chi connectivity index (χ4n) is 2.16. The van der Waals surface area contributed by atoms with Gasteiger partial charge in [0.25, 0.3) is 5.91 Å². The van der Waals surface area contributed by atoms with Crippen molar-refractivity contribution >= 4 is 5.91 Å². The fourth-order valence-corrected chi connectivity index (χ4v) is 2.16. The number of nitrogens with zero attached hydrogens (tertiary/aromatic N) is 4. The van der Waals surface area contributed by atoms with Gasteiger partial charge in [-0.1, -0.05) is 35.5 Å². The first kappa shape index (κ1) is 16.2. The smallest absolute Gasteiger partial charge is 0.273 e. The molecule has 2 aromatic rings. The zero-order chi connectivity index (χ0) is 15.9. The Labute approximate surface area is 131 Å². The topological polar surface area (TPSA) is 63.1 Å². The summed E-state index contributed by atoms with van der Waals surface area (Å²) >= 11 is 0. The summed E-state index contributed by atoms with van der Waals surface area (Å²) in [6.45, 7) is 4.08. The first-order valence-corrected chi connectivity index (χ1v) is 7.45. The van der Waals surface area contributed by atoms with Crippen molar-refractivity contribution in [2.24, 2.45) is 0 Å². The van der Waals surface area contributed by atoms with Gasteiger partial charge in [-0.2, -0.15) is 0 Å². The normalized spacial score (nSPS) is 10.9. The van der Waals surface area contributed by atoms with Crippen molar-refractivity contribution in [1.29, 1.82) is 0 Å². The van der Waals surface area contributed by atoms with Crippen molar-refractivity contribution in [3.63, 3.8) is 0 Å². The highest BCUT2D eigenvalue weighted by atomic mass is 16.2. The van der Waals surface area contributed by atoms with E-state index in [9.17, 15) is 4.79 Å². The molecule has 2 rings (SSSR count). The standard InChI is InChI=1S/C16H23N5O/c1-13-15(16(22)17-10-7-11-20(2)3)18-19-21(13)12-14-8-5-4-6-9-14/h4-6,8-9H,7,10-12H2,1-3H3,(H,17,22). The summed E-state index contributed by atoms with van der Waals surface area (Å²) in [5.74, 6) is -0.157. The number of hydrogen-bond acceptors (Lipinski definition) is 4. The van der Waals surface area contributed by atoms with Crippen LogP contribution in [0.3, 0.4) is 0 Å². The average molecular weight is 301 g/mol. The van der Waals surface area contributed by atoms with Gasteiger partial charge in [-0.15, -0.1) is 5.10 Å². The quantitative estimate of drug-likeness (QED) is 0.783. The minimum absolute atomic E-state index is 0.157. The Bertz CT molecular complexity index is 606. The Morgan fingerprint density at radius 2 is 2.00 bits per heavy atom. The van der Waals surface area contributed by atoms with Crippen LogP contribution < -0.4 is 5.32 Å². The molecule has 0 aliphatic carbocycles. The largest absolute Gasteiger partial charge is 0.351 e. The monoisotopic (exact) mass is 301 g/mol. The number of rotatable bonds is 7. The van der Waals surface area contributed by atoms with Crippen LogP contribution in [0.2, 0.25) is 0 Å². The number of benzene rings is 1. The van der Waals surface area contributed by atoms with Gasteiger partial charge in [0.1, 0.15) is 0 Å². The highest BCUT2D eigenvalue weighted by Crippen LogP contribution is 2.07. The zero-order valence-electron chi connectivity index (χ0n) is 13.4. The molecule has 22 heavy (non-hydrogen) atoms. The first-order chi connectivity index (χ1) is 10.6. The molecule has 1 N–H and O–H groups in total. The molecule has 0 bridgehead atoms. The van der Waals surface area contributed by atoms with Gasteiger partial charge in [0.2, 0.25) is 0 Å². The van der Waals surface area contributed by atoms with E-state index in [1.807, 2.05) is 51.4 Å². The molecule has 0 atom stereocenters. The van der Waals surface area contributed by atoms with E-state index in [-0.39, 0.29) is 5.91 Å². The summed E-state index contributed by atoms with van der Waals surface area (Å²) in [5.41, 5.74) is 2.32. The van der Waals surface area contributed by atoms with Crippen LogP contribution in [0.25, 0.3) is 0 Å². The molecule has 0 saturated heterocycles. The van der Waals surface area contributed by atoms with Gasteiger partial charge in [0, 0.05) is 6.54 Å². The van der Waals surface area contributed by atoms with Crippen LogP contribution in [0.15, 0.2) is 30.3 Å². The lowest BCUT2D eigenvalue weighted by atomic mass is 10.2. The summed E-state index contributed by atoms with van der Waals surface area (Å²) in [4.78, 5) is 14.2. The molecule has 6 nitrogen and oxygen atoms in total. The van der Waals surface area contributed by atoms with Crippen LogP contribution in [0.1, 0.15) is 28.2 Å². The zero-order valence-corrected chi connectivity index (χ0v) is 13.4. The lowest BCUT2D eigenvalue weighted by Gasteiger charge is -2.09. The maximum absolute atomic E-state index is 12.1. The van der Waals surface area contributed by atoms with Gasteiger partial charge in [0.05, 0.1) is 12.2 Å². The van der Waals surface area contributed by atoms with E-state index in [2.05, 4.69) is 20.5 Å². The molecular formula is C16H23N5O. The fraction of sp³-hybridized carbons (Fsp3) is 0.438. The maximum Gasteiger partial charge on any atom is 0.273 e. The molecule has 6 heteroatoms. The van der Waals surface area contributed by atoms with E-state index >= 15 is 0 Å². The summed E-state index contributed by atoms with van der Waals surface area (Å²) in [6, 6.07) is 10.0. The molecule has 0 unspecified atom stereocenters. The Kier molecular flexibility index (Phi) is 5.66. The summed E-state index contributed by atoms with van der Waals surface area (Å²) < 4.78 is 1.75. The predicted molar refractivity (Wildman–Crippen MR) is 85.8 cm³/mol. The van der Waals surface area contributed by atoms with Crippen molar-refractivity contribution in [2.45, 2.75) is 19.9 Å². The third kappa shape index (κ3) is 4.39. The van der Waals surface area contributed by atoms with Gasteiger partial charge in [0.15, 0.2) is 5.69 Å². The first-order valence-electron chi connectivity index (χ1n) is 7.45. The second-order valence-corrected chi connectivity index (χ2v) is 5.58. The number of carbonyl (C=O) groups excluding carboxylic acids is 1. The van der Waals surface area contributed by atoms with Crippen LogP contribution in [0, 0.1) is 6.92 Å². The van der Waals surface area contributed by atoms with Gasteiger partial charge in [-0.25, -0.2) is 4.68 Å². The SMILES string of the molecule is Cc1c(C(=O)NCCCN(C)C)nnn1Cc1ccccc1. The molecule has 0 radical (unpaired) electrons. The maximum atomic E-state index is 12.1. The summed E-state index contributed by atoms with van der Waals surface area (Å²) in [6.07, 6.45) is 0.913. The van der Waals surface area contributed by atoms with Crippen LogP contribution in [0.4, 0.5) is 0 Å². The van der Waals surface area contributed by atoms with Crippen molar-refractivity contribution in [3.8, 4) is 0 Å². The van der Waals surface area contributed by atoms with Gasteiger partial charge < -0.3 is 10.2 Å². The molecule has 1 aromatic carbocycles. The molecular weight excluding hydrogens is 278 g/mol. The number of aromatic nitrogens is 3. The van der Waals surface area contributed by atoms with E-state index in [1.54, 1.807) is 4.68 Å². The number of amides is 1. The highest BCUT2D eigenvalue weighted by Gasteiger charge is 2.16. The van der Waals surface area contributed by atoms with Crippen LogP contribution in [0.5, 0.6) is 0 Å². The Hall–Kier alpha value is -2.21. The van der Waals surface area contributed by atoms with Crippen molar-refractivity contribution < 1.29 is 4.79 Å². The molecule has 1 heterocycles. The lowest BCUT2D eigenvalue weighted by molar-refractivity contribution is 0.0946. The van der Waals surface area contributed by atoms with E-state index < -0.39 is 0 Å². The third-order valence-corrected chi connectivity index (χ3v) is 3.44. The Balaban J connectivity index is 1.94. The van der Waals surface area contributed by atoms with Crippen LogP contribution >= 0.6 is 0 Å². The van der Waals surface area contributed by atoms with Crippen molar-refractivity contribution in [3.05, 3.63) is 47.3 Å². The number of nitrogens with one attached hydrogen (secondary N) is 1. The average Bonchev–Trinajstić information content (AvgIpc) is 2.86. The molecule has 0 aliphatic heterocycles. The third-order valence-electron chi connectivity index (χ3n) is 3.44. The highest BCUT2D eigenvalue weighted by molar-refractivity contribution is 5.93. The molecule has 0 saturated carbocycles. The predicted octanol–water partition coefficient (Wildman–Crippen LogP) is 1.32. The number of hydrogen-bond donors (Lipinski definition) is 1. The van der Waals surface area contributed by atoms with Crippen molar-refractivity contribution in [2.75, 3.05) is 27.2 Å². The molecule has 1 amide bonds. The van der Waals surface area contributed by atoms with Gasteiger partial charge >= 0.3 is 0 Å². The molecule has 1 aromatic heterocycles. The molecule has 0 aliphatic rings. The number of carbonyl (C=O) groups is 1. The minimum Gasteiger partial charge on any atom is -0.351 e. The lowest BCUT2D eigenvalue weighted by Crippen LogP contribution is -2.28. The van der Waals surface area contributed by atoms with Gasteiger partial charge in [-0.05, 0) is 39.5 Å². The minimum atomic E-state index is -0.157. The second-order valence-electron chi connectivity index (χ2n) is 5.58. The van der Waals surface area contributed by atoms with E-state index in [0.717, 1.165) is 24.2 Å². The summed E-state index contributed by atoms with van der Waals surface area (Å²) in [5, 5.41) is 11.0. The van der Waals surface area contributed by atoms with E-state index in [1.165, 1.54) is 0 Å². The summed E-state index contributed by atoms with van der Waals surface area (Å²) in [7, 11) is 4.03. The second kappa shape index (κ2) is 7.70. The van der Waals surface area contributed by atoms with E-state index in [4.69, 9.17) is 0 Å². The van der Waals surface area contributed by atoms with E-state index in [0.29, 0.717) is 18.8 Å². The van der Waals surface area contributed by atoms with Crippen LogP contribution in [-0.4, -0.2) is 53.0 Å². The molecule has 0 spiro atoms. The van der Waals surface area contributed by atoms with Crippen molar-refractivity contribution in [1.82, 2.24) is 25.2 Å². The Morgan fingerprint density at radius 1 is 1.27 bits per heavy atom. The molecule has 118 valence electrons. The molecule has 0 fully saturated rings. The van der Waals surface area contributed by atoms with Crippen LogP contribution in [-0.2, 0) is 6.54 Å². The van der Waals surface area contributed by atoms with Gasteiger partial charge in [-0.3, -0.25) is 4.79 Å².